The van der Waals surface area contributed by atoms with Crippen LogP contribution in [0.3, 0.4) is 0 Å². The Morgan fingerprint density at radius 1 is 1.15 bits per heavy atom. The molecule has 0 aliphatic carbocycles. The van der Waals surface area contributed by atoms with E-state index in [1.54, 1.807) is 49.4 Å². The van der Waals surface area contributed by atoms with Crippen LogP contribution in [0.4, 0.5) is 5.69 Å². The molecule has 0 saturated carbocycles. The van der Waals surface area contributed by atoms with Crippen LogP contribution in [-0.4, -0.2) is 58.1 Å². The number of likely N-dealkylation sites (N-methyl/N-ethyl adjacent to an activating group) is 1. The second kappa shape index (κ2) is 11.9. The van der Waals surface area contributed by atoms with Gasteiger partial charge in [0.05, 0.1) is 19.1 Å². The number of benzene rings is 2. The number of ether oxygens (including phenoxy) is 1. The average molecular weight is 496 g/mol. The van der Waals surface area contributed by atoms with Gasteiger partial charge in [-0.1, -0.05) is 29.8 Å². The van der Waals surface area contributed by atoms with E-state index in [0.29, 0.717) is 16.5 Å². The Bertz CT molecular complexity index is 1080. The van der Waals surface area contributed by atoms with Gasteiger partial charge in [0.25, 0.3) is 0 Å². The van der Waals surface area contributed by atoms with E-state index in [9.17, 15) is 18.0 Å². The van der Waals surface area contributed by atoms with Crippen molar-refractivity contribution in [2.24, 2.45) is 0 Å². The monoisotopic (exact) mass is 495 g/mol. The molecule has 2 aromatic rings. The molecular weight excluding hydrogens is 466 g/mol. The predicted molar refractivity (Wildman–Crippen MR) is 130 cm³/mol. The van der Waals surface area contributed by atoms with Gasteiger partial charge in [0, 0.05) is 37.6 Å². The van der Waals surface area contributed by atoms with Crippen molar-refractivity contribution in [3.8, 4) is 5.75 Å². The van der Waals surface area contributed by atoms with Crippen LogP contribution < -0.4 is 14.4 Å². The number of anilines is 1. The van der Waals surface area contributed by atoms with Crippen molar-refractivity contribution in [1.29, 1.82) is 0 Å². The van der Waals surface area contributed by atoms with Gasteiger partial charge >= 0.3 is 0 Å². The lowest BCUT2D eigenvalue weighted by Gasteiger charge is -2.29. The van der Waals surface area contributed by atoms with Crippen molar-refractivity contribution < 1.29 is 22.7 Å². The normalized spacial score (nSPS) is 12.0. The molecule has 8 nitrogen and oxygen atoms in total. The van der Waals surface area contributed by atoms with Crippen molar-refractivity contribution in [2.75, 3.05) is 31.3 Å². The number of hydrogen-bond donors (Lipinski definition) is 1. The first-order chi connectivity index (χ1) is 15.6. The van der Waals surface area contributed by atoms with Gasteiger partial charge in [-0.15, -0.1) is 0 Å². The summed E-state index contributed by atoms with van der Waals surface area (Å²) in [6.07, 6.45) is 1.46. The third-order valence-electron chi connectivity index (χ3n) is 5.15. The van der Waals surface area contributed by atoms with Gasteiger partial charge in [-0.25, -0.2) is 8.42 Å². The fraction of sp³-hybridized carbons (Fsp3) is 0.391. The molecule has 0 fully saturated rings. The predicted octanol–water partition coefficient (Wildman–Crippen LogP) is 3.06. The van der Waals surface area contributed by atoms with Crippen LogP contribution in [0.5, 0.6) is 5.75 Å². The van der Waals surface area contributed by atoms with Crippen molar-refractivity contribution in [3.05, 3.63) is 59.1 Å². The zero-order valence-electron chi connectivity index (χ0n) is 19.2. The molecule has 10 heteroatoms. The molecule has 0 aromatic heterocycles. The van der Waals surface area contributed by atoms with Gasteiger partial charge in [-0.3, -0.25) is 13.9 Å². The molecule has 2 aromatic carbocycles. The van der Waals surface area contributed by atoms with E-state index in [1.807, 2.05) is 6.07 Å². The minimum atomic E-state index is -3.57. The summed E-state index contributed by atoms with van der Waals surface area (Å²) in [5, 5.41) is 3.10. The second-order valence-electron chi connectivity index (χ2n) is 7.58. The quantitative estimate of drug-likeness (QED) is 0.517. The smallest absolute Gasteiger partial charge is 0.242 e. The Balaban J connectivity index is 2.15. The minimum Gasteiger partial charge on any atom is -0.497 e. The largest absolute Gasteiger partial charge is 0.497 e. The first-order valence-corrected chi connectivity index (χ1v) is 12.7. The van der Waals surface area contributed by atoms with E-state index in [2.05, 4.69) is 5.32 Å². The summed E-state index contributed by atoms with van der Waals surface area (Å²) < 4.78 is 31.2. The van der Waals surface area contributed by atoms with E-state index in [1.165, 1.54) is 23.4 Å². The number of hydrogen-bond acceptors (Lipinski definition) is 5. The number of nitrogens with zero attached hydrogens (tertiary/aromatic N) is 2. The minimum absolute atomic E-state index is 0.0673. The van der Waals surface area contributed by atoms with Gasteiger partial charge in [0.15, 0.2) is 0 Å². The first-order valence-electron chi connectivity index (χ1n) is 10.4. The van der Waals surface area contributed by atoms with Crippen molar-refractivity contribution in [1.82, 2.24) is 10.2 Å². The Morgan fingerprint density at radius 3 is 2.45 bits per heavy atom. The average Bonchev–Trinajstić information content (AvgIpc) is 2.78. The van der Waals surface area contributed by atoms with E-state index in [0.717, 1.165) is 11.8 Å². The molecule has 1 atom stereocenters. The fourth-order valence-electron chi connectivity index (χ4n) is 3.39. The number of carbonyl (C=O) groups excluding carboxylic acids is 2. The number of amides is 2. The van der Waals surface area contributed by atoms with Crippen molar-refractivity contribution in [2.45, 2.75) is 32.4 Å². The summed E-state index contributed by atoms with van der Waals surface area (Å²) in [6.45, 7) is 1.97. The molecule has 0 bridgehead atoms. The van der Waals surface area contributed by atoms with Gasteiger partial charge in [0.2, 0.25) is 21.8 Å². The van der Waals surface area contributed by atoms with Gasteiger partial charge < -0.3 is 15.0 Å². The molecule has 0 heterocycles. The van der Waals surface area contributed by atoms with Crippen LogP contribution in [0, 0.1) is 0 Å². The highest BCUT2D eigenvalue weighted by molar-refractivity contribution is 7.92. The van der Waals surface area contributed by atoms with Crippen molar-refractivity contribution >= 4 is 39.1 Å². The molecule has 1 N–H and O–H groups in total. The SMILES string of the molecule is CNC(=O)[C@@H](C)N(Cc1cccc(Cl)c1)C(=O)CCCN(c1cccc(OC)c1)S(C)(=O)=O. The van der Waals surface area contributed by atoms with Crippen LogP contribution in [0.1, 0.15) is 25.3 Å². The Morgan fingerprint density at radius 2 is 1.85 bits per heavy atom. The van der Waals surface area contributed by atoms with E-state index in [-0.39, 0.29) is 37.7 Å². The molecule has 0 unspecified atom stereocenters. The molecule has 33 heavy (non-hydrogen) atoms. The maximum Gasteiger partial charge on any atom is 0.242 e. The molecule has 0 saturated heterocycles. The number of methoxy groups -OCH3 is 1. The standard InChI is InChI=1S/C23H30ClN3O5S/c1-17(23(29)25-2)26(16-18-8-5-9-19(24)14-18)22(28)12-7-13-27(33(4,30)31)20-10-6-11-21(15-20)32-3/h5-6,8-11,14-15,17H,7,12-13,16H2,1-4H3,(H,25,29)/t17-/m1/s1. The lowest BCUT2D eigenvalue weighted by Crippen LogP contribution is -2.46. The fourth-order valence-corrected chi connectivity index (χ4v) is 4.56. The molecule has 180 valence electrons. The number of nitrogens with one attached hydrogen (secondary N) is 1. The highest BCUT2D eigenvalue weighted by atomic mass is 35.5. The van der Waals surface area contributed by atoms with Crippen LogP contribution in [0.15, 0.2) is 48.5 Å². The summed E-state index contributed by atoms with van der Waals surface area (Å²) in [5.41, 5.74) is 1.25. The van der Waals surface area contributed by atoms with Gasteiger partial charge in [-0.05, 0) is 43.2 Å². The third-order valence-corrected chi connectivity index (χ3v) is 6.58. The molecule has 2 rings (SSSR count). The van der Waals surface area contributed by atoms with Crippen molar-refractivity contribution in [3.63, 3.8) is 0 Å². The Hall–Kier alpha value is -2.78. The summed E-state index contributed by atoms with van der Waals surface area (Å²) in [4.78, 5) is 26.8. The second-order valence-corrected chi connectivity index (χ2v) is 9.93. The molecule has 0 spiro atoms. The maximum absolute atomic E-state index is 13.1. The lowest BCUT2D eigenvalue weighted by atomic mass is 10.1. The number of carbonyl (C=O) groups is 2. The van der Waals surface area contributed by atoms with Crippen LogP contribution in [-0.2, 0) is 26.2 Å². The Kier molecular flexibility index (Phi) is 9.55. The first kappa shape index (κ1) is 26.5. The summed E-state index contributed by atoms with van der Waals surface area (Å²) >= 11 is 6.06. The third kappa shape index (κ3) is 7.64. The zero-order valence-corrected chi connectivity index (χ0v) is 20.8. The highest BCUT2D eigenvalue weighted by Gasteiger charge is 2.26. The van der Waals surface area contributed by atoms with Gasteiger partial charge in [0.1, 0.15) is 11.8 Å². The maximum atomic E-state index is 13.1. The van der Waals surface area contributed by atoms with Crippen LogP contribution >= 0.6 is 11.6 Å². The highest BCUT2D eigenvalue weighted by Crippen LogP contribution is 2.24. The molecule has 0 aliphatic rings. The molecule has 0 aliphatic heterocycles. The Labute approximate surface area is 200 Å². The van der Waals surface area contributed by atoms with E-state index >= 15 is 0 Å². The molecule has 2 amide bonds. The number of rotatable bonds is 11. The van der Waals surface area contributed by atoms with Crippen LogP contribution in [0.25, 0.3) is 0 Å². The topological polar surface area (TPSA) is 96.0 Å². The van der Waals surface area contributed by atoms with E-state index in [4.69, 9.17) is 16.3 Å². The molecule has 0 radical (unpaired) electrons. The van der Waals surface area contributed by atoms with E-state index < -0.39 is 16.1 Å². The van der Waals surface area contributed by atoms with Crippen LogP contribution in [0.2, 0.25) is 5.02 Å². The zero-order chi connectivity index (χ0) is 24.6. The number of sulfonamides is 1. The lowest BCUT2D eigenvalue weighted by molar-refractivity contribution is -0.140. The summed E-state index contributed by atoms with van der Waals surface area (Å²) in [7, 11) is -0.557. The van der Waals surface area contributed by atoms with Gasteiger partial charge in [-0.2, -0.15) is 0 Å². The number of halogens is 1. The summed E-state index contributed by atoms with van der Waals surface area (Å²) in [5.74, 6) is -0.0194. The summed E-state index contributed by atoms with van der Waals surface area (Å²) in [6, 6.07) is 13.1. The molecular formula is C23H30ClN3O5S.